The van der Waals surface area contributed by atoms with Crippen LogP contribution in [0.3, 0.4) is 0 Å². The van der Waals surface area contributed by atoms with Crippen molar-refractivity contribution in [3.63, 3.8) is 0 Å². The zero-order chi connectivity index (χ0) is 12.3. The largest absolute Gasteiger partial charge is 0.461 e. The maximum Gasteiger partial charge on any atom is 0.461 e. The monoisotopic (exact) mass is 238 g/mol. The molecule has 0 amide bonds. The van der Waals surface area contributed by atoms with Gasteiger partial charge in [-0.05, 0) is 17.7 Å². The number of nitrogens with two attached hydrogens (primary N) is 2. The first-order chi connectivity index (χ1) is 7.33. The highest BCUT2D eigenvalue weighted by Gasteiger charge is 2.43. The van der Waals surface area contributed by atoms with Gasteiger partial charge < -0.3 is 16.2 Å². The van der Waals surface area contributed by atoms with Gasteiger partial charge in [-0.15, -0.1) is 0 Å². The van der Waals surface area contributed by atoms with Crippen LogP contribution in [0.25, 0.3) is 0 Å². The van der Waals surface area contributed by atoms with Crippen molar-refractivity contribution in [1.29, 1.82) is 0 Å². The summed E-state index contributed by atoms with van der Waals surface area (Å²) in [4.78, 5) is 0. The molecule has 0 unspecified atom stereocenters. The minimum atomic E-state index is -4.53. The molecule has 0 heterocycles. The first-order valence-electron chi connectivity index (χ1n) is 4.29. The Labute approximate surface area is 89.0 Å². The predicted molar refractivity (Wildman–Crippen MR) is 49.1 cm³/mol. The molecule has 4 N–H and O–H groups in total. The maximum absolute atomic E-state index is 12.5. The highest BCUT2D eigenvalue weighted by Crippen LogP contribution is 2.28. The molecular weight excluding hydrogens is 228 g/mol. The van der Waals surface area contributed by atoms with Crippen LogP contribution >= 0.6 is 0 Å². The quantitative estimate of drug-likeness (QED) is 0.621. The van der Waals surface area contributed by atoms with E-state index in [1.54, 1.807) is 0 Å². The summed E-state index contributed by atoms with van der Waals surface area (Å²) >= 11 is 0. The zero-order valence-corrected chi connectivity index (χ0v) is 8.04. The molecule has 0 bridgehead atoms. The molecule has 0 atom stereocenters. The van der Waals surface area contributed by atoms with Gasteiger partial charge in [0.1, 0.15) is 5.75 Å². The second kappa shape index (κ2) is 4.67. The SMILES string of the molecule is NC(N)c1cccc(OC(F)(F)C(F)F)c1. The first kappa shape index (κ1) is 12.7. The molecule has 3 nitrogen and oxygen atoms in total. The van der Waals surface area contributed by atoms with Gasteiger partial charge >= 0.3 is 12.5 Å². The fourth-order valence-corrected chi connectivity index (χ4v) is 0.987. The number of alkyl halides is 4. The van der Waals surface area contributed by atoms with E-state index >= 15 is 0 Å². The van der Waals surface area contributed by atoms with E-state index < -0.39 is 24.4 Å². The number of hydrogen-bond acceptors (Lipinski definition) is 3. The third-order valence-electron chi connectivity index (χ3n) is 1.75. The second-order valence-electron chi connectivity index (χ2n) is 3.06. The third-order valence-corrected chi connectivity index (χ3v) is 1.75. The van der Waals surface area contributed by atoms with Gasteiger partial charge in [0.2, 0.25) is 0 Å². The van der Waals surface area contributed by atoms with E-state index in [-0.39, 0.29) is 0 Å². The van der Waals surface area contributed by atoms with Crippen LogP contribution in [-0.4, -0.2) is 12.5 Å². The third kappa shape index (κ3) is 3.07. The van der Waals surface area contributed by atoms with E-state index in [1.165, 1.54) is 12.1 Å². The van der Waals surface area contributed by atoms with Gasteiger partial charge in [-0.25, -0.2) is 0 Å². The normalized spacial score (nSPS) is 12.2. The van der Waals surface area contributed by atoms with Crippen molar-refractivity contribution >= 4 is 0 Å². The van der Waals surface area contributed by atoms with Gasteiger partial charge in [0, 0.05) is 0 Å². The molecule has 1 aromatic rings. The summed E-state index contributed by atoms with van der Waals surface area (Å²) in [5.41, 5.74) is 10.9. The van der Waals surface area contributed by atoms with Crippen molar-refractivity contribution in [3.8, 4) is 5.75 Å². The molecule has 0 spiro atoms. The van der Waals surface area contributed by atoms with E-state index in [2.05, 4.69) is 4.74 Å². The molecule has 90 valence electrons. The summed E-state index contributed by atoms with van der Waals surface area (Å²) in [6, 6.07) is 5.00. The highest BCUT2D eigenvalue weighted by atomic mass is 19.3. The van der Waals surface area contributed by atoms with Crippen molar-refractivity contribution in [2.45, 2.75) is 18.7 Å². The average molecular weight is 238 g/mol. The molecule has 1 aromatic carbocycles. The lowest BCUT2D eigenvalue weighted by atomic mass is 10.2. The molecule has 0 aliphatic rings. The van der Waals surface area contributed by atoms with E-state index in [0.717, 1.165) is 12.1 Å². The van der Waals surface area contributed by atoms with Crippen molar-refractivity contribution in [1.82, 2.24) is 0 Å². The molecule has 0 saturated heterocycles. The summed E-state index contributed by atoms with van der Waals surface area (Å²) < 4.78 is 52.6. The molecule has 0 radical (unpaired) electrons. The topological polar surface area (TPSA) is 61.3 Å². The predicted octanol–water partition coefficient (Wildman–Crippen LogP) is 1.84. The van der Waals surface area contributed by atoms with E-state index in [9.17, 15) is 17.6 Å². The molecule has 7 heteroatoms. The molecule has 0 aromatic heterocycles. The Bertz CT molecular complexity index is 357. The van der Waals surface area contributed by atoms with Gasteiger partial charge in [0.25, 0.3) is 0 Å². The molecule has 0 saturated carbocycles. The van der Waals surface area contributed by atoms with Crippen molar-refractivity contribution in [2.75, 3.05) is 0 Å². The minimum absolute atomic E-state index is 0.308. The lowest BCUT2D eigenvalue weighted by Crippen LogP contribution is -2.33. The Morgan fingerprint density at radius 3 is 2.31 bits per heavy atom. The van der Waals surface area contributed by atoms with Gasteiger partial charge in [0.05, 0.1) is 6.17 Å². The van der Waals surface area contributed by atoms with Crippen LogP contribution in [0.5, 0.6) is 5.75 Å². The Morgan fingerprint density at radius 1 is 1.19 bits per heavy atom. The Hall–Kier alpha value is -1.34. The van der Waals surface area contributed by atoms with Crippen LogP contribution < -0.4 is 16.2 Å². The smallest absolute Gasteiger partial charge is 0.428 e. The lowest BCUT2D eigenvalue weighted by Gasteiger charge is -2.17. The van der Waals surface area contributed by atoms with Crippen molar-refractivity contribution < 1.29 is 22.3 Å². The first-order valence-corrected chi connectivity index (χ1v) is 4.29. The van der Waals surface area contributed by atoms with Crippen LogP contribution in [0, 0.1) is 0 Å². The average Bonchev–Trinajstić information content (AvgIpc) is 2.17. The second-order valence-corrected chi connectivity index (χ2v) is 3.06. The van der Waals surface area contributed by atoms with Crippen molar-refractivity contribution in [3.05, 3.63) is 29.8 Å². The molecular formula is C9H10F4N2O. The van der Waals surface area contributed by atoms with Crippen LogP contribution in [0.1, 0.15) is 11.7 Å². The number of benzene rings is 1. The van der Waals surface area contributed by atoms with E-state index in [0.29, 0.717) is 5.56 Å². The standard InChI is InChI=1S/C9H10F4N2O/c10-8(11)9(12,13)16-6-3-1-2-5(4-6)7(14)15/h1-4,7-8H,14-15H2. The molecule has 16 heavy (non-hydrogen) atoms. The number of halogens is 4. The number of hydrogen-bond donors (Lipinski definition) is 2. The van der Waals surface area contributed by atoms with Crippen molar-refractivity contribution in [2.24, 2.45) is 11.5 Å². The lowest BCUT2D eigenvalue weighted by molar-refractivity contribution is -0.253. The molecule has 1 rings (SSSR count). The van der Waals surface area contributed by atoms with E-state index in [1.807, 2.05) is 0 Å². The Morgan fingerprint density at radius 2 is 1.81 bits per heavy atom. The van der Waals surface area contributed by atoms with E-state index in [4.69, 9.17) is 11.5 Å². The number of rotatable bonds is 4. The molecule has 0 aliphatic carbocycles. The maximum atomic E-state index is 12.5. The van der Waals surface area contributed by atoms with Gasteiger partial charge in [-0.2, -0.15) is 17.6 Å². The summed E-state index contributed by atoms with van der Waals surface area (Å²) in [5.74, 6) is -0.413. The van der Waals surface area contributed by atoms with Crippen LogP contribution in [0.2, 0.25) is 0 Å². The minimum Gasteiger partial charge on any atom is -0.428 e. The molecule has 0 aliphatic heterocycles. The number of ether oxygens (including phenoxy) is 1. The van der Waals surface area contributed by atoms with Crippen LogP contribution in [0.15, 0.2) is 24.3 Å². The highest BCUT2D eigenvalue weighted by molar-refractivity contribution is 5.30. The zero-order valence-electron chi connectivity index (χ0n) is 8.04. The molecule has 0 fully saturated rings. The fraction of sp³-hybridized carbons (Fsp3) is 0.333. The van der Waals surface area contributed by atoms with Gasteiger partial charge in [-0.3, -0.25) is 0 Å². The summed E-state index contributed by atoms with van der Waals surface area (Å²) in [6.45, 7) is 0. The summed E-state index contributed by atoms with van der Waals surface area (Å²) in [5, 5.41) is 0. The Kier molecular flexibility index (Phi) is 3.71. The van der Waals surface area contributed by atoms with Crippen LogP contribution in [0.4, 0.5) is 17.6 Å². The van der Waals surface area contributed by atoms with Crippen LogP contribution in [-0.2, 0) is 0 Å². The van der Waals surface area contributed by atoms with Gasteiger partial charge in [-0.1, -0.05) is 12.1 Å². The fourth-order valence-electron chi connectivity index (χ4n) is 0.987. The van der Waals surface area contributed by atoms with Gasteiger partial charge in [0.15, 0.2) is 0 Å². The summed E-state index contributed by atoms with van der Waals surface area (Å²) in [6.07, 6.45) is -9.32. The Balaban J connectivity index is 2.86. The summed E-state index contributed by atoms with van der Waals surface area (Å²) in [7, 11) is 0.